The smallest absolute Gasteiger partial charge is 0.171 e. The lowest BCUT2D eigenvalue weighted by molar-refractivity contribution is 0.592. The van der Waals surface area contributed by atoms with Crippen LogP contribution in [0.1, 0.15) is 11.1 Å². The minimum atomic E-state index is -3.26. The molecule has 27 aromatic rings. The fourth-order valence-electron chi connectivity index (χ4n) is 20.7. The van der Waals surface area contributed by atoms with Crippen LogP contribution in [0.15, 0.2) is 437 Å². The number of aromatic nitrogens is 9. The molecule has 15 heteroatoms. The molecule has 620 valence electrons. The molecule has 9 aromatic heterocycles. The molecule has 4 N–H and O–H groups in total. The summed E-state index contributed by atoms with van der Waals surface area (Å²) in [5, 5.41) is 29.5. The Kier molecular flexibility index (Phi) is 19.0. The van der Waals surface area contributed by atoms with E-state index in [9.17, 15) is 0 Å². The summed E-state index contributed by atoms with van der Waals surface area (Å²) in [6.07, 6.45) is 8.49. The van der Waals surface area contributed by atoms with Crippen molar-refractivity contribution in [2.75, 3.05) is 0 Å². The number of rotatable bonds is 9. The zero-order chi connectivity index (χ0) is 84.9. The van der Waals surface area contributed by atoms with Crippen molar-refractivity contribution in [3.8, 4) is 11.1 Å². The number of hydrogen-bond donors (Lipinski definition) is 0. The van der Waals surface area contributed by atoms with Gasteiger partial charge in [0.2, 0.25) is 0 Å². The van der Waals surface area contributed by atoms with E-state index < -0.39 is 23.1 Å². The van der Waals surface area contributed by atoms with Gasteiger partial charge in [0.1, 0.15) is 16.9 Å². The van der Waals surface area contributed by atoms with E-state index in [0.29, 0.717) is 0 Å². The molecule has 1 aliphatic carbocycles. The van der Waals surface area contributed by atoms with Gasteiger partial charge in [0.05, 0.1) is 68.8 Å². The highest BCUT2D eigenvalue weighted by Crippen LogP contribution is 2.50. The van der Waals surface area contributed by atoms with Gasteiger partial charge in [-0.05, 0) is 207 Å². The predicted octanol–water partition coefficient (Wildman–Crippen LogP) is 24.0. The zero-order valence-electron chi connectivity index (χ0n) is 70.6. The number of imidazole rings is 3. The molecule has 0 saturated heterocycles. The van der Waals surface area contributed by atoms with Gasteiger partial charge >= 0.3 is 0 Å². The summed E-state index contributed by atoms with van der Waals surface area (Å²) < 4.78 is 25.4. The molecule has 12 nitrogen and oxygen atoms in total. The predicted molar refractivity (Wildman–Crippen MR) is 552 cm³/mol. The number of para-hydroxylation sites is 11. The number of nitrogens with zero attached hydrogens (tertiary/aromatic N) is 9. The van der Waals surface area contributed by atoms with Gasteiger partial charge in [0, 0.05) is 116 Å². The minimum Gasteiger partial charge on any atom is -0.412 e. The maximum absolute atomic E-state index is 15.9. The van der Waals surface area contributed by atoms with E-state index in [1.165, 1.54) is 135 Å². The molecular weight excluding hydrogens is 1660 g/mol. The first-order valence-corrected chi connectivity index (χ1v) is 48.0. The van der Waals surface area contributed by atoms with E-state index in [2.05, 4.69) is 398 Å². The normalized spacial score (nSPS) is 12.9. The third-order valence-corrected chi connectivity index (χ3v) is 34.2. The molecule has 0 amide bonds. The largest absolute Gasteiger partial charge is 0.412 e. The van der Waals surface area contributed by atoms with Gasteiger partial charge in [-0.3, -0.25) is 23.2 Å². The summed E-state index contributed by atoms with van der Waals surface area (Å²) in [5.74, 6) is 0. The molecule has 0 saturated carbocycles. The fraction of sp³-hybridized carbons (Fsp3) is 0.00862. The molecule has 0 bridgehead atoms. The SMILES string of the molecule is O.O.O=P(c1ccccc1)(c1ccc2c(c1)-c1ccccc1C2)c1ccc2ccc3c(c2c1)c1ccccc1n1c2ccccc2nc31.c1ccc(P(c2ccc3c(ccc4c3c3ccccc3n3c5ccccc5nc43)c2)n2c3ccccc3c3ccccc32)cc1.c1cncc(P(c2ccncc2)c2ccc3c(ccc4c3c3ccccc3n3c5ccccc5nc43)c2)c1. The first-order chi connectivity index (χ1) is 63.9. The Morgan fingerprint density at radius 1 is 0.252 bits per heavy atom. The summed E-state index contributed by atoms with van der Waals surface area (Å²) in [7, 11) is -4.92. The number of benzene rings is 18. The van der Waals surface area contributed by atoms with Crippen molar-refractivity contribution < 1.29 is 15.5 Å². The average Bonchev–Trinajstić information content (AvgIpc) is 1.58. The zero-order valence-corrected chi connectivity index (χ0v) is 73.2. The van der Waals surface area contributed by atoms with Gasteiger partial charge in [-0.2, -0.15) is 0 Å². The van der Waals surface area contributed by atoms with Crippen LogP contribution in [0.5, 0.6) is 0 Å². The highest BCUT2D eigenvalue weighted by Gasteiger charge is 2.34. The van der Waals surface area contributed by atoms with Crippen molar-refractivity contribution in [2.24, 2.45) is 0 Å². The summed E-state index contributed by atoms with van der Waals surface area (Å²) in [5.41, 5.74) is 20.4. The monoisotopic (exact) mass is 1740 g/mol. The maximum Gasteiger partial charge on any atom is 0.171 e. The van der Waals surface area contributed by atoms with E-state index >= 15 is 4.57 Å². The summed E-state index contributed by atoms with van der Waals surface area (Å²) in [6, 6.07) is 147. The van der Waals surface area contributed by atoms with Crippen molar-refractivity contribution >= 4 is 235 Å². The Hall–Kier alpha value is -15.7. The highest BCUT2D eigenvalue weighted by molar-refractivity contribution is 7.85. The van der Waals surface area contributed by atoms with Gasteiger partial charge in [-0.1, -0.05) is 285 Å². The van der Waals surface area contributed by atoms with Gasteiger partial charge in [-0.25, -0.2) is 15.0 Å². The molecule has 131 heavy (non-hydrogen) atoms. The molecule has 1 aliphatic rings. The van der Waals surface area contributed by atoms with Crippen LogP contribution in [0.3, 0.4) is 0 Å². The van der Waals surface area contributed by atoms with Gasteiger partial charge < -0.3 is 19.9 Å². The topological polar surface area (TPSA) is 163 Å². The Labute approximate surface area is 753 Å². The fourth-order valence-corrected chi connectivity index (χ4v) is 28.1. The number of pyridine rings is 5. The molecule has 28 rings (SSSR count). The second kappa shape index (κ2) is 31.6. The first kappa shape index (κ1) is 78.7. The lowest BCUT2D eigenvalue weighted by atomic mass is 9.99. The van der Waals surface area contributed by atoms with Crippen molar-refractivity contribution in [3.05, 3.63) is 448 Å². The molecule has 0 radical (unpaired) electrons. The lowest BCUT2D eigenvalue weighted by Gasteiger charge is -2.23. The Morgan fingerprint density at radius 3 is 1.21 bits per heavy atom. The minimum absolute atomic E-state index is 0. The maximum atomic E-state index is 15.9. The van der Waals surface area contributed by atoms with Crippen molar-refractivity contribution in [2.45, 2.75) is 6.42 Å². The third-order valence-electron chi connectivity index (χ3n) is 26.4. The second-order valence-electron chi connectivity index (χ2n) is 33.4. The van der Waals surface area contributed by atoms with Crippen LogP contribution in [-0.2, 0) is 11.0 Å². The highest BCUT2D eigenvalue weighted by atomic mass is 31.2. The Bertz CT molecular complexity index is 9300. The number of hydrogen-bond acceptors (Lipinski definition) is 6. The summed E-state index contributed by atoms with van der Waals surface area (Å²) in [6.45, 7) is 0. The van der Waals surface area contributed by atoms with E-state index in [-0.39, 0.29) is 11.0 Å². The quantitative estimate of drug-likeness (QED) is 0.103. The molecular formula is C116H78N9O3P3. The molecule has 3 atom stereocenters. The van der Waals surface area contributed by atoms with Crippen LogP contribution in [0.4, 0.5) is 0 Å². The molecule has 9 heterocycles. The average molecular weight is 1740 g/mol. The third kappa shape index (κ3) is 12.4. The van der Waals surface area contributed by atoms with E-state index in [1.54, 1.807) is 0 Å². The second-order valence-corrected chi connectivity index (χ2v) is 40.4. The van der Waals surface area contributed by atoms with Crippen molar-refractivity contribution in [3.63, 3.8) is 0 Å². The van der Waals surface area contributed by atoms with Crippen LogP contribution in [0.2, 0.25) is 0 Å². The first-order valence-electron chi connectivity index (χ1n) is 43.7. The van der Waals surface area contributed by atoms with Crippen LogP contribution in [0.25, 0.3) is 180 Å². The van der Waals surface area contributed by atoms with E-state index in [0.717, 1.165) is 105 Å². The summed E-state index contributed by atoms with van der Waals surface area (Å²) >= 11 is 0. The standard InChI is InChI=1S/C42H27N2OP.C41H26N3P.C33H21N4P.2H2O/c45-46(30-11-2-1-3-12-30,31-22-19-29-24-28-10-4-5-13-33(28)36(29)25-31)32-21-18-27-20-23-35-41(37(27)26-32)34-14-6-8-16-39(34)44-40-17-9-7-15-38(40)43-42(35)44;1-2-12-28(13-3-1)45(44-37-19-9-4-14-31(37)32-15-5-10-20-38(32)44)29-23-25-30-27(26-29)22-24-34-40(30)33-16-6-8-18-36(33)43-39-21-11-7-17-35(39)42-41(34)43;1-3-9-30-27(7-1)32-26-14-12-24(38(23-15-18-34-19-16-23)25-6-5-17-35-21-25)20-22(26)11-13-28(32)33-36-29-8-2-4-10-31(29)37(30)33;;/h1-23,25-26H,24H2;1-26H;1-21H;2*1H2. The van der Waals surface area contributed by atoms with Crippen LogP contribution >= 0.6 is 23.1 Å². The number of fused-ring (bicyclic) bond motifs is 36. The van der Waals surface area contributed by atoms with Crippen molar-refractivity contribution in [1.29, 1.82) is 0 Å². The van der Waals surface area contributed by atoms with Crippen molar-refractivity contribution in [1.82, 2.24) is 42.5 Å². The molecule has 0 fully saturated rings. The van der Waals surface area contributed by atoms with E-state index in [1.807, 2.05) is 67.3 Å². The Balaban J connectivity index is 0.000000108. The lowest BCUT2D eigenvalue weighted by Crippen LogP contribution is -2.25. The van der Waals surface area contributed by atoms with Gasteiger partial charge in [0.25, 0.3) is 0 Å². The van der Waals surface area contributed by atoms with Gasteiger partial charge in [0.15, 0.2) is 7.14 Å². The van der Waals surface area contributed by atoms with E-state index in [4.69, 9.17) is 15.0 Å². The Morgan fingerprint density at radius 2 is 0.664 bits per heavy atom. The van der Waals surface area contributed by atoms with Crippen LogP contribution < -0.4 is 42.4 Å². The molecule has 0 aliphatic heterocycles. The molecule has 3 unspecified atom stereocenters. The molecule has 18 aromatic carbocycles. The molecule has 0 spiro atoms. The van der Waals surface area contributed by atoms with Crippen LogP contribution in [0, 0.1) is 0 Å². The van der Waals surface area contributed by atoms with Gasteiger partial charge in [-0.15, -0.1) is 0 Å². The van der Waals surface area contributed by atoms with Crippen LogP contribution in [-0.4, -0.2) is 53.4 Å². The summed E-state index contributed by atoms with van der Waals surface area (Å²) in [4.78, 5) is 24.0.